The maximum Gasteiger partial charge on any atom is 0.242 e. The molecule has 1 rings (SSSR count). The Bertz CT molecular complexity index is 278. The number of carbonyl (C=O) groups is 2. The molecule has 0 aromatic carbocycles. The van der Waals surface area contributed by atoms with Gasteiger partial charge in [0, 0.05) is 13.5 Å². The van der Waals surface area contributed by atoms with Crippen LogP contribution in [0.1, 0.15) is 26.2 Å². The summed E-state index contributed by atoms with van der Waals surface area (Å²) in [6, 6.07) is -0.499. The minimum atomic E-state index is -0.499. The summed E-state index contributed by atoms with van der Waals surface area (Å²) in [7, 11) is 1.55. The van der Waals surface area contributed by atoms with Gasteiger partial charge < -0.3 is 20.7 Å². The first-order valence-electron chi connectivity index (χ1n) is 6.46. The number of nitrogens with one attached hydrogen (secondary N) is 3. The van der Waals surface area contributed by atoms with Crippen molar-refractivity contribution in [1.29, 1.82) is 0 Å². The molecule has 1 unspecified atom stereocenters. The summed E-state index contributed by atoms with van der Waals surface area (Å²) < 4.78 is 5.62. The van der Waals surface area contributed by atoms with Crippen molar-refractivity contribution < 1.29 is 14.3 Å². The predicted molar refractivity (Wildman–Crippen MR) is 68.1 cm³/mol. The number of likely N-dealkylation sites (N-methyl/N-ethyl adjacent to an activating group) is 1. The molecule has 0 saturated carbocycles. The van der Waals surface area contributed by atoms with Gasteiger partial charge in [0.25, 0.3) is 0 Å². The highest BCUT2D eigenvalue weighted by atomic mass is 16.5. The van der Waals surface area contributed by atoms with Crippen molar-refractivity contribution in [3.63, 3.8) is 0 Å². The topological polar surface area (TPSA) is 79.5 Å². The first-order valence-corrected chi connectivity index (χ1v) is 6.46. The molecule has 1 aliphatic rings. The van der Waals surface area contributed by atoms with Gasteiger partial charge in [-0.25, -0.2) is 0 Å². The molecule has 0 radical (unpaired) electrons. The molecular weight excluding hydrogens is 234 g/mol. The van der Waals surface area contributed by atoms with E-state index >= 15 is 0 Å². The van der Waals surface area contributed by atoms with E-state index in [2.05, 4.69) is 16.0 Å². The molecular formula is C12H23N3O3. The second-order valence-corrected chi connectivity index (χ2v) is 4.47. The molecule has 1 saturated heterocycles. The smallest absolute Gasteiger partial charge is 0.242 e. The Hall–Kier alpha value is -1.14. The van der Waals surface area contributed by atoms with E-state index in [1.807, 2.05) is 0 Å². The zero-order chi connectivity index (χ0) is 13.4. The van der Waals surface area contributed by atoms with Gasteiger partial charge in [0.15, 0.2) is 0 Å². The van der Waals surface area contributed by atoms with E-state index in [0.717, 1.165) is 25.9 Å². The monoisotopic (exact) mass is 257 g/mol. The van der Waals surface area contributed by atoms with E-state index in [4.69, 9.17) is 4.74 Å². The van der Waals surface area contributed by atoms with Crippen LogP contribution in [0.4, 0.5) is 0 Å². The highest BCUT2D eigenvalue weighted by molar-refractivity contribution is 5.87. The maximum absolute atomic E-state index is 11.5. The molecule has 1 aliphatic heterocycles. The fourth-order valence-corrected chi connectivity index (χ4v) is 1.88. The van der Waals surface area contributed by atoms with Crippen LogP contribution in [-0.4, -0.2) is 50.7 Å². The Morgan fingerprint density at radius 3 is 2.67 bits per heavy atom. The molecule has 1 atom stereocenters. The molecule has 0 aromatic heterocycles. The number of rotatable bonds is 6. The van der Waals surface area contributed by atoms with Crippen LogP contribution >= 0.6 is 0 Å². The average molecular weight is 257 g/mol. The Kier molecular flexibility index (Phi) is 6.67. The second-order valence-electron chi connectivity index (χ2n) is 4.47. The molecule has 1 heterocycles. The van der Waals surface area contributed by atoms with Gasteiger partial charge in [0.1, 0.15) is 6.04 Å². The van der Waals surface area contributed by atoms with E-state index in [1.54, 1.807) is 14.0 Å². The van der Waals surface area contributed by atoms with Crippen LogP contribution in [0.25, 0.3) is 0 Å². The Balaban J connectivity index is 2.11. The molecule has 0 spiro atoms. The van der Waals surface area contributed by atoms with E-state index in [1.165, 1.54) is 0 Å². The molecule has 0 bridgehead atoms. The van der Waals surface area contributed by atoms with Gasteiger partial charge in [0.2, 0.25) is 11.8 Å². The number of amides is 2. The standard InChI is InChI=1S/C12H23N3O3/c1-9(12(17)13-2)15-11(16)5-8-18-10-3-6-14-7-4-10/h9-10,14H,3-8H2,1-2H3,(H,13,17)(H,15,16). The summed E-state index contributed by atoms with van der Waals surface area (Å²) in [5, 5.41) is 8.37. The number of ether oxygens (including phenoxy) is 1. The Morgan fingerprint density at radius 2 is 2.06 bits per heavy atom. The van der Waals surface area contributed by atoms with E-state index in [0.29, 0.717) is 13.0 Å². The van der Waals surface area contributed by atoms with Crippen molar-refractivity contribution in [3.8, 4) is 0 Å². The lowest BCUT2D eigenvalue weighted by Crippen LogP contribution is -2.44. The average Bonchev–Trinajstić information content (AvgIpc) is 2.38. The van der Waals surface area contributed by atoms with Crippen molar-refractivity contribution >= 4 is 11.8 Å². The summed E-state index contributed by atoms with van der Waals surface area (Å²) in [6.07, 6.45) is 2.55. The first kappa shape index (κ1) is 14.9. The van der Waals surface area contributed by atoms with Crippen LogP contribution in [0, 0.1) is 0 Å². The van der Waals surface area contributed by atoms with Crippen molar-refractivity contribution in [1.82, 2.24) is 16.0 Å². The highest BCUT2D eigenvalue weighted by Gasteiger charge is 2.16. The fourth-order valence-electron chi connectivity index (χ4n) is 1.88. The van der Waals surface area contributed by atoms with Crippen molar-refractivity contribution in [3.05, 3.63) is 0 Å². The molecule has 2 amide bonds. The lowest BCUT2D eigenvalue weighted by Gasteiger charge is -2.22. The van der Waals surface area contributed by atoms with Crippen molar-refractivity contribution in [2.75, 3.05) is 26.7 Å². The molecule has 1 fully saturated rings. The fraction of sp³-hybridized carbons (Fsp3) is 0.833. The Labute approximate surface area is 108 Å². The van der Waals surface area contributed by atoms with Gasteiger partial charge in [0.05, 0.1) is 12.7 Å². The number of carbonyl (C=O) groups excluding carboxylic acids is 2. The molecule has 0 aromatic rings. The second kappa shape index (κ2) is 8.05. The zero-order valence-corrected chi connectivity index (χ0v) is 11.1. The van der Waals surface area contributed by atoms with Crippen LogP contribution in [-0.2, 0) is 14.3 Å². The van der Waals surface area contributed by atoms with Crippen LogP contribution in [0.5, 0.6) is 0 Å². The first-order chi connectivity index (χ1) is 8.63. The van der Waals surface area contributed by atoms with Gasteiger partial charge >= 0.3 is 0 Å². The minimum Gasteiger partial charge on any atom is -0.378 e. The van der Waals surface area contributed by atoms with Gasteiger partial charge in [-0.3, -0.25) is 9.59 Å². The molecule has 6 heteroatoms. The minimum absolute atomic E-state index is 0.153. The molecule has 0 aliphatic carbocycles. The summed E-state index contributed by atoms with van der Waals surface area (Å²) in [6.45, 7) is 4.02. The normalized spacial score (nSPS) is 18.1. The predicted octanol–water partition coefficient (Wildman–Crippen LogP) is -0.604. The van der Waals surface area contributed by atoms with Crippen LogP contribution in [0.15, 0.2) is 0 Å². The van der Waals surface area contributed by atoms with Gasteiger partial charge in [-0.15, -0.1) is 0 Å². The lowest BCUT2D eigenvalue weighted by atomic mass is 10.1. The molecule has 6 nitrogen and oxygen atoms in total. The van der Waals surface area contributed by atoms with Crippen LogP contribution in [0.3, 0.4) is 0 Å². The summed E-state index contributed by atoms with van der Waals surface area (Å²) in [5.41, 5.74) is 0. The van der Waals surface area contributed by atoms with Crippen LogP contribution < -0.4 is 16.0 Å². The third-order valence-corrected chi connectivity index (χ3v) is 2.99. The highest BCUT2D eigenvalue weighted by Crippen LogP contribution is 2.07. The largest absolute Gasteiger partial charge is 0.378 e. The van der Waals surface area contributed by atoms with Gasteiger partial charge in [-0.1, -0.05) is 0 Å². The van der Waals surface area contributed by atoms with E-state index < -0.39 is 6.04 Å². The number of hydrogen-bond acceptors (Lipinski definition) is 4. The zero-order valence-electron chi connectivity index (χ0n) is 11.1. The Morgan fingerprint density at radius 1 is 1.39 bits per heavy atom. The van der Waals surface area contributed by atoms with Gasteiger partial charge in [-0.2, -0.15) is 0 Å². The van der Waals surface area contributed by atoms with E-state index in [9.17, 15) is 9.59 Å². The number of piperidine rings is 1. The molecule has 18 heavy (non-hydrogen) atoms. The van der Waals surface area contributed by atoms with Crippen molar-refractivity contribution in [2.45, 2.75) is 38.3 Å². The summed E-state index contributed by atoms with van der Waals surface area (Å²) in [4.78, 5) is 22.7. The van der Waals surface area contributed by atoms with E-state index in [-0.39, 0.29) is 17.9 Å². The SMILES string of the molecule is CNC(=O)C(C)NC(=O)CCOC1CCNCC1. The quantitative estimate of drug-likeness (QED) is 0.593. The third-order valence-electron chi connectivity index (χ3n) is 2.99. The third kappa shape index (κ3) is 5.46. The molecule has 104 valence electrons. The van der Waals surface area contributed by atoms with Gasteiger partial charge in [-0.05, 0) is 32.9 Å². The van der Waals surface area contributed by atoms with Crippen LogP contribution in [0.2, 0.25) is 0 Å². The van der Waals surface area contributed by atoms with Crippen molar-refractivity contribution in [2.24, 2.45) is 0 Å². The summed E-state index contributed by atoms with van der Waals surface area (Å²) in [5.74, 6) is -0.345. The molecule has 3 N–H and O–H groups in total. The number of hydrogen-bond donors (Lipinski definition) is 3. The maximum atomic E-state index is 11.5. The lowest BCUT2D eigenvalue weighted by molar-refractivity contribution is -0.129. The summed E-state index contributed by atoms with van der Waals surface area (Å²) >= 11 is 0.